The Morgan fingerprint density at radius 2 is 1.41 bits per heavy atom. The van der Waals surface area contributed by atoms with Crippen molar-refractivity contribution in [3.8, 4) is 0 Å². The minimum absolute atomic E-state index is 0.0334. The standard InChI is InChI=1S/C17H15F2NO2/c1-11-3-7-13(8-4-11)15-16(18,19)17(21,22-20-15)14-9-5-12(2)6-10-14/h3-10,21H,1-2H3. The van der Waals surface area contributed by atoms with Crippen LogP contribution in [0, 0.1) is 13.8 Å². The van der Waals surface area contributed by atoms with E-state index in [1.54, 1.807) is 24.3 Å². The van der Waals surface area contributed by atoms with E-state index >= 15 is 0 Å². The zero-order valence-corrected chi connectivity index (χ0v) is 12.2. The van der Waals surface area contributed by atoms with Gasteiger partial charge in [-0.15, -0.1) is 0 Å². The molecule has 0 aliphatic carbocycles. The molecule has 0 saturated carbocycles. The van der Waals surface area contributed by atoms with Crippen LogP contribution in [-0.2, 0) is 10.6 Å². The smallest absolute Gasteiger partial charge is 0.347 e. The lowest BCUT2D eigenvalue weighted by atomic mass is 9.92. The third kappa shape index (κ3) is 2.09. The van der Waals surface area contributed by atoms with Crippen LogP contribution < -0.4 is 0 Å². The van der Waals surface area contributed by atoms with Gasteiger partial charge < -0.3 is 9.94 Å². The molecule has 22 heavy (non-hydrogen) atoms. The maximum absolute atomic E-state index is 14.7. The van der Waals surface area contributed by atoms with Gasteiger partial charge in [-0.3, -0.25) is 0 Å². The second kappa shape index (κ2) is 4.88. The van der Waals surface area contributed by atoms with Crippen LogP contribution in [0.2, 0.25) is 0 Å². The summed E-state index contributed by atoms with van der Waals surface area (Å²) in [5.74, 6) is -6.45. The van der Waals surface area contributed by atoms with Crippen LogP contribution in [0.15, 0.2) is 53.7 Å². The van der Waals surface area contributed by atoms with Crippen molar-refractivity contribution in [2.24, 2.45) is 5.16 Å². The Kier molecular flexibility index (Phi) is 3.25. The first-order valence-corrected chi connectivity index (χ1v) is 6.85. The fourth-order valence-electron chi connectivity index (χ4n) is 2.35. The second-order valence-corrected chi connectivity index (χ2v) is 5.48. The molecule has 2 aromatic carbocycles. The number of aryl methyl sites for hydroxylation is 2. The number of oxime groups is 1. The van der Waals surface area contributed by atoms with Crippen LogP contribution in [0.25, 0.3) is 0 Å². The van der Waals surface area contributed by atoms with E-state index in [2.05, 4.69) is 5.16 Å². The molecular formula is C17H15F2NO2. The van der Waals surface area contributed by atoms with Gasteiger partial charge in [-0.1, -0.05) is 64.8 Å². The molecule has 1 aliphatic heterocycles. The van der Waals surface area contributed by atoms with E-state index in [1.807, 2.05) is 13.8 Å². The molecule has 1 aliphatic rings. The molecule has 5 heteroatoms. The molecule has 2 aromatic rings. The molecule has 1 N–H and O–H groups in total. The van der Waals surface area contributed by atoms with Crippen molar-refractivity contribution in [2.75, 3.05) is 0 Å². The summed E-state index contributed by atoms with van der Waals surface area (Å²) in [6.07, 6.45) is 0. The largest absolute Gasteiger partial charge is 0.363 e. The van der Waals surface area contributed by atoms with Crippen LogP contribution in [0.4, 0.5) is 8.78 Å². The number of hydrogen-bond acceptors (Lipinski definition) is 3. The molecule has 1 heterocycles. The maximum Gasteiger partial charge on any atom is 0.363 e. The molecule has 0 aromatic heterocycles. The van der Waals surface area contributed by atoms with Gasteiger partial charge in [-0.05, 0) is 13.8 Å². The Labute approximate surface area is 126 Å². The van der Waals surface area contributed by atoms with Crippen molar-refractivity contribution in [3.63, 3.8) is 0 Å². The average Bonchev–Trinajstić information content (AvgIpc) is 2.72. The molecule has 114 valence electrons. The fraction of sp³-hybridized carbons (Fsp3) is 0.235. The normalized spacial score (nSPS) is 23.0. The first-order chi connectivity index (χ1) is 10.3. The minimum atomic E-state index is -3.66. The number of benzene rings is 2. The molecule has 1 atom stereocenters. The van der Waals surface area contributed by atoms with Crippen molar-refractivity contribution < 1.29 is 18.7 Å². The molecule has 3 rings (SSSR count). The molecule has 0 bridgehead atoms. The van der Waals surface area contributed by atoms with Crippen LogP contribution >= 0.6 is 0 Å². The fourth-order valence-corrected chi connectivity index (χ4v) is 2.35. The van der Waals surface area contributed by atoms with Crippen LogP contribution in [0.5, 0.6) is 0 Å². The highest BCUT2D eigenvalue weighted by atomic mass is 19.3. The Hall–Kier alpha value is -2.27. The highest BCUT2D eigenvalue weighted by Gasteiger charge is 2.65. The van der Waals surface area contributed by atoms with Gasteiger partial charge in [0.1, 0.15) is 0 Å². The molecule has 0 amide bonds. The highest BCUT2D eigenvalue weighted by molar-refractivity contribution is 6.06. The zero-order chi connectivity index (χ0) is 16.0. The zero-order valence-electron chi connectivity index (χ0n) is 12.2. The lowest BCUT2D eigenvalue weighted by Crippen LogP contribution is -2.47. The summed E-state index contributed by atoms with van der Waals surface area (Å²) in [7, 11) is 0. The predicted octanol–water partition coefficient (Wildman–Crippen LogP) is 3.52. The monoisotopic (exact) mass is 303 g/mol. The van der Waals surface area contributed by atoms with Crippen molar-refractivity contribution in [1.82, 2.24) is 0 Å². The number of hydrogen-bond donors (Lipinski definition) is 1. The van der Waals surface area contributed by atoms with Gasteiger partial charge in [0, 0.05) is 11.1 Å². The number of nitrogens with zero attached hydrogens (tertiary/aromatic N) is 1. The van der Waals surface area contributed by atoms with E-state index in [9.17, 15) is 13.9 Å². The Bertz CT molecular complexity index is 723. The summed E-state index contributed by atoms with van der Waals surface area (Å²) in [6, 6.07) is 12.6. The van der Waals surface area contributed by atoms with Crippen LogP contribution in [-0.4, -0.2) is 16.7 Å². The van der Waals surface area contributed by atoms with E-state index in [0.717, 1.165) is 11.1 Å². The summed E-state index contributed by atoms with van der Waals surface area (Å²) in [4.78, 5) is 4.77. The lowest BCUT2D eigenvalue weighted by Gasteiger charge is -2.27. The van der Waals surface area contributed by atoms with Gasteiger partial charge in [0.2, 0.25) is 0 Å². The maximum atomic E-state index is 14.7. The summed E-state index contributed by atoms with van der Waals surface area (Å²) >= 11 is 0. The van der Waals surface area contributed by atoms with E-state index in [1.165, 1.54) is 24.3 Å². The average molecular weight is 303 g/mol. The Balaban J connectivity index is 2.01. The summed E-state index contributed by atoms with van der Waals surface area (Å²) in [6.45, 7) is 3.69. The van der Waals surface area contributed by atoms with Gasteiger partial charge in [0.15, 0.2) is 5.71 Å². The van der Waals surface area contributed by atoms with Crippen molar-refractivity contribution in [2.45, 2.75) is 25.6 Å². The van der Waals surface area contributed by atoms with E-state index < -0.39 is 17.4 Å². The number of rotatable bonds is 2. The third-order valence-corrected chi connectivity index (χ3v) is 3.76. The Morgan fingerprint density at radius 3 is 1.95 bits per heavy atom. The first kappa shape index (κ1) is 14.7. The predicted molar refractivity (Wildman–Crippen MR) is 78.8 cm³/mol. The molecule has 0 spiro atoms. The van der Waals surface area contributed by atoms with E-state index in [-0.39, 0.29) is 11.1 Å². The van der Waals surface area contributed by atoms with Gasteiger partial charge in [-0.2, -0.15) is 8.78 Å². The van der Waals surface area contributed by atoms with Crippen molar-refractivity contribution >= 4 is 5.71 Å². The molecule has 0 radical (unpaired) electrons. The molecule has 0 saturated heterocycles. The quantitative estimate of drug-likeness (QED) is 0.922. The third-order valence-electron chi connectivity index (χ3n) is 3.76. The first-order valence-electron chi connectivity index (χ1n) is 6.85. The minimum Gasteiger partial charge on any atom is -0.347 e. The summed E-state index contributed by atoms with van der Waals surface area (Å²) < 4.78 is 29.4. The molecule has 3 nitrogen and oxygen atoms in total. The second-order valence-electron chi connectivity index (χ2n) is 5.48. The van der Waals surface area contributed by atoms with E-state index in [0.29, 0.717) is 0 Å². The Morgan fingerprint density at radius 1 is 0.909 bits per heavy atom. The van der Waals surface area contributed by atoms with Crippen LogP contribution in [0.3, 0.4) is 0 Å². The topological polar surface area (TPSA) is 41.8 Å². The van der Waals surface area contributed by atoms with Gasteiger partial charge in [-0.25, -0.2) is 0 Å². The number of halogens is 2. The highest BCUT2D eigenvalue weighted by Crippen LogP contribution is 2.45. The van der Waals surface area contributed by atoms with Crippen LogP contribution in [0.1, 0.15) is 22.3 Å². The summed E-state index contributed by atoms with van der Waals surface area (Å²) in [5.41, 5.74) is 1.46. The van der Waals surface area contributed by atoms with Gasteiger partial charge in [0.25, 0.3) is 0 Å². The van der Waals surface area contributed by atoms with Crippen molar-refractivity contribution in [1.29, 1.82) is 0 Å². The molecular weight excluding hydrogens is 288 g/mol. The lowest BCUT2D eigenvalue weighted by molar-refractivity contribution is -0.284. The number of aliphatic hydroxyl groups is 1. The SMILES string of the molecule is Cc1ccc(C2=NOC(O)(c3ccc(C)cc3)C2(F)F)cc1. The summed E-state index contributed by atoms with van der Waals surface area (Å²) in [5, 5.41) is 13.8. The molecule has 1 unspecified atom stereocenters. The van der Waals surface area contributed by atoms with Crippen molar-refractivity contribution in [3.05, 3.63) is 70.8 Å². The van der Waals surface area contributed by atoms with Gasteiger partial charge in [0.05, 0.1) is 0 Å². The number of alkyl halides is 2. The van der Waals surface area contributed by atoms with E-state index in [4.69, 9.17) is 4.84 Å². The van der Waals surface area contributed by atoms with Gasteiger partial charge >= 0.3 is 11.7 Å². The molecule has 0 fully saturated rings.